The minimum atomic E-state index is -0.0959. The number of anilines is 2. The Morgan fingerprint density at radius 1 is 1.03 bits per heavy atom. The summed E-state index contributed by atoms with van der Waals surface area (Å²) in [5.41, 5.74) is 2.48. The number of methoxy groups -OCH3 is 1. The minimum absolute atomic E-state index is 0.0366. The number of benzene rings is 2. The summed E-state index contributed by atoms with van der Waals surface area (Å²) in [4.78, 5) is 29.1. The fourth-order valence-electron chi connectivity index (χ4n) is 3.57. The van der Waals surface area contributed by atoms with E-state index in [4.69, 9.17) is 4.74 Å². The van der Waals surface area contributed by atoms with Gasteiger partial charge in [0.05, 0.1) is 12.9 Å². The standard InChI is InChI=1S/C23H26N6O3S/c1-27-16-24-26-23(27)33-15-21(30)25-18-5-7-19(8-6-18)28-11-13-29(14-12-28)22(31)17-3-9-20(32-2)10-4-17/h3-10,16H,11-15H2,1-2H3,(H,25,30). The highest BCUT2D eigenvalue weighted by atomic mass is 32.2. The third-order valence-corrected chi connectivity index (χ3v) is 6.46. The summed E-state index contributed by atoms with van der Waals surface area (Å²) in [5.74, 6) is 0.939. The third-order valence-electron chi connectivity index (χ3n) is 5.42. The van der Waals surface area contributed by atoms with E-state index in [0.29, 0.717) is 23.8 Å². The molecule has 1 fully saturated rings. The molecule has 0 bridgehead atoms. The Labute approximate surface area is 196 Å². The van der Waals surface area contributed by atoms with Gasteiger partial charge in [-0.3, -0.25) is 9.59 Å². The van der Waals surface area contributed by atoms with Crippen LogP contribution < -0.4 is 15.0 Å². The summed E-state index contributed by atoms with van der Waals surface area (Å²) in [7, 11) is 3.45. The van der Waals surface area contributed by atoms with Crippen molar-refractivity contribution in [2.24, 2.45) is 7.05 Å². The number of rotatable bonds is 7. The molecule has 33 heavy (non-hydrogen) atoms. The molecule has 1 aliphatic heterocycles. The van der Waals surface area contributed by atoms with Gasteiger partial charge >= 0.3 is 0 Å². The van der Waals surface area contributed by atoms with Crippen LogP contribution in [-0.2, 0) is 11.8 Å². The summed E-state index contributed by atoms with van der Waals surface area (Å²) in [6, 6.07) is 15.0. The summed E-state index contributed by atoms with van der Waals surface area (Å²) in [6.07, 6.45) is 1.60. The monoisotopic (exact) mass is 466 g/mol. The van der Waals surface area contributed by atoms with Gasteiger partial charge in [-0.1, -0.05) is 11.8 Å². The predicted octanol–water partition coefficient (Wildman–Crippen LogP) is 2.52. The number of nitrogens with zero attached hydrogens (tertiary/aromatic N) is 5. The van der Waals surface area contributed by atoms with Crippen LogP contribution in [0.5, 0.6) is 5.75 Å². The molecular weight excluding hydrogens is 440 g/mol. The Bertz CT molecular complexity index is 1090. The maximum Gasteiger partial charge on any atom is 0.253 e. The summed E-state index contributed by atoms with van der Waals surface area (Å²) in [6.45, 7) is 2.81. The first-order chi connectivity index (χ1) is 16.0. The molecule has 172 valence electrons. The van der Waals surface area contributed by atoms with Crippen molar-refractivity contribution in [3.8, 4) is 5.75 Å². The Morgan fingerprint density at radius 3 is 2.33 bits per heavy atom. The van der Waals surface area contributed by atoms with Crippen molar-refractivity contribution in [1.29, 1.82) is 0 Å². The van der Waals surface area contributed by atoms with Crippen LogP contribution in [0.2, 0.25) is 0 Å². The van der Waals surface area contributed by atoms with E-state index in [0.717, 1.165) is 30.2 Å². The lowest BCUT2D eigenvalue weighted by Crippen LogP contribution is -2.48. The number of aromatic nitrogens is 3. The van der Waals surface area contributed by atoms with Gasteiger partial charge in [0.15, 0.2) is 5.16 Å². The van der Waals surface area contributed by atoms with E-state index in [1.165, 1.54) is 11.8 Å². The van der Waals surface area contributed by atoms with Gasteiger partial charge in [-0.25, -0.2) is 0 Å². The van der Waals surface area contributed by atoms with Crippen LogP contribution in [0.1, 0.15) is 10.4 Å². The number of hydrogen-bond donors (Lipinski definition) is 1. The van der Waals surface area contributed by atoms with Crippen molar-refractivity contribution < 1.29 is 14.3 Å². The van der Waals surface area contributed by atoms with Crippen LogP contribution in [0.3, 0.4) is 0 Å². The fraction of sp³-hybridized carbons (Fsp3) is 0.304. The number of ether oxygens (including phenoxy) is 1. The van der Waals surface area contributed by atoms with Crippen LogP contribution in [0.15, 0.2) is 60.0 Å². The first-order valence-corrected chi connectivity index (χ1v) is 11.6. The molecule has 2 aromatic carbocycles. The third kappa shape index (κ3) is 5.64. The number of carbonyl (C=O) groups is 2. The Balaban J connectivity index is 1.26. The molecule has 1 N–H and O–H groups in total. The number of aryl methyl sites for hydroxylation is 1. The summed E-state index contributed by atoms with van der Waals surface area (Å²) in [5, 5.41) is 11.4. The van der Waals surface area contributed by atoms with Crippen molar-refractivity contribution in [2.45, 2.75) is 5.16 Å². The van der Waals surface area contributed by atoms with E-state index in [-0.39, 0.29) is 17.6 Å². The maximum absolute atomic E-state index is 12.8. The zero-order valence-electron chi connectivity index (χ0n) is 18.6. The molecule has 10 heteroatoms. The highest BCUT2D eigenvalue weighted by Gasteiger charge is 2.22. The zero-order chi connectivity index (χ0) is 23.2. The second kappa shape index (κ2) is 10.4. The molecule has 1 saturated heterocycles. The van der Waals surface area contributed by atoms with Gasteiger partial charge in [0.1, 0.15) is 12.1 Å². The fourth-order valence-corrected chi connectivity index (χ4v) is 4.26. The molecule has 2 heterocycles. The quantitative estimate of drug-likeness (QED) is 0.535. The second-order valence-electron chi connectivity index (χ2n) is 7.62. The molecule has 3 aromatic rings. The van der Waals surface area contributed by atoms with Crippen molar-refractivity contribution >= 4 is 35.0 Å². The Hall–Kier alpha value is -3.53. The zero-order valence-corrected chi connectivity index (χ0v) is 19.4. The topological polar surface area (TPSA) is 92.6 Å². The normalized spacial score (nSPS) is 13.6. The van der Waals surface area contributed by atoms with Crippen molar-refractivity contribution in [3.05, 3.63) is 60.4 Å². The Morgan fingerprint density at radius 2 is 1.73 bits per heavy atom. The van der Waals surface area contributed by atoms with E-state index >= 15 is 0 Å². The van der Waals surface area contributed by atoms with Crippen molar-refractivity contribution in [2.75, 3.05) is 49.3 Å². The van der Waals surface area contributed by atoms with Gasteiger partial charge in [-0.2, -0.15) is 0 Å². The molecule has 0 saturated carbocycles. The largest absolute Gasteiger partial charge is 0.497 e. The first kappa shape index (κ1) is 22.7. The van der Waals surface area contributed by atoms with Crippen LogP contribution in [-0.4, -0.2) is 70.5 Å². The highest BCUT2D eigenvalue weighted by molar-refractivity contribution is 7.99. The van der Waals surface area contributed by atoms with E-state index in [9.17, 15) is 9.59 Å². The van der Waals surface area contributed by atoms with E-state index in [1.54, 1.807) is 42.3 Å². The van der Waals surface area contributed by atoms with Crippen LogP contribution in [0, 0.1) is 0 Å². The summed E-state index contributed by atoms with van der Waals surface area (Å²) < 4.78 is 6.93. The molecule has 1 aromatic heterocycles. The SMILES string of the molecule is COc1ccc(C(=O)N2CCN(c3ccc(NC(=O)CSc4nncn4C)cc3)CC2)cc1. The maximum atomic E-state index is 12.8. The lowest BCUT2D eigenvalue weighted by molar-refractivity contribution is -0.113. The molecule has 1 aliphatic rings. The number of amides is 2. The van der Waals surface area contributed by atoms with Gasteiger partial charge in [-0.05, 0) is 48.5 Å². The number of nitrogens with one attached hydrogen (secondary N) is 1. The smallest absolute Gasteiger partial charge is 0.253 e. The molecular formula is C23H26N6O3S. The van der Waals surface area contributed by atoms with Gasteiger partial charge in [0.25, 0.3) is 5.91 Å². The lowest BCUT2D eigenvalue weighted by Gasteiger charge is -2.36. The van der Waals surface area contributed by atoms with Crippen LogP contribution in [0.25, 0.3) is 0 Å². The van der Waals surface area contributed by atoms with Gasteiger partial charge in [0.2, 0.25) is 5.91 Å². The number of carbonyl (C=O) groups excluding carboxylic acids is 2. The first-order valence-electron chi connectivity index (χ1n) is 10.6. The predicted molar refractivity (Wildman–Crippen MR) is 128 cm³/mol. The minimum Gasteiger partial charge on any atom is -0.497 e. The van der Waals surface area contributed by atoms with Gasteiger partial charge in [-0.15, -0.1) is 10.2 Å². The molecule has 2 amide bonds. The van der Waals surface area contributed by atoms with Crippen LogP contribution >= 0.6 is 11.8 Å². The average molecular weight is 467 g/mol. The van der Waals surface area contributed by atoms with Crippen molar-refractivity contribution in [1.82, 2.24) is 19.7 Å². The number of piperazine rings is 1. The molecule has 0 unspecified atom stereocenters. The van der Waals surface area contributed by atoms with E-state index in [1.807, 2.05) is 36.2 Å². The molecule has 0 spiro atoms. The van der Waals surface area contributed by atoms with Crippen molar-refractivity contribution in [3.63, 3.8) is 0 Å². The molecule has 4 rings (SSSR count). The van der Waals surface area contributed by atoms with E-state index in [2.05, 4.69) is 20.4 Å². The van der Waals surface area contributed by atoms with E-state index < -0.39 is 0 Å². The number of hydrogen-bond acceptors (Lipinski definition) is 7. The Kier molecular flexibility index (Phi) is 7.13. The highest BCUT2D eigenvalue weighted by Crippen LogP contribution is 2.21. The lowest BCUT2D eigenvalue weighted by atomic mass is 10.1. The summed E-state index contributed by atoms with van der Waals surface area (Å²) >= 11 is 1.34. The molecule has 0 aliphatic carbocycles. The molecule has 0 atom stereocenters. The van der Waals surface area contributed by atoms with Gasteiger partial charge < -0.3 is 24.4 Å². The van der Waals surface area contributed by atoms with Crippen LogP contribution in [0.4, 0.5) is 11.4 Å². The molecule has 9 nitrogen and oxygen atoms in total. The van der Waals surface area contributed by atoms with Gasteiger partial charge in [0, 0.05) is 50.2 Å². The average Bonchev–Trinajstić information content (AvgIpc) is 3.27. The number of thioether (sulfide) groups is 1. The molecule has 0 radical (unpaired) electrons. The second-order valence-corrected chi connectivity index (χ2v) is 8.56.